The molecule has 1 unspecified atom stereocenters. The number of benzene rings is 2. The van der Waals surface area contributed by atoms with Crippen LogP contribution in [0.4, 0.5) is 4.39 Å². The van der Waals surface area contributed by atoms with Crippen molar-refractivity contribution in [1.82, 2.24) is 0 Å². The van der Waals surface area contributed by atoms with Crippen molar-refractivity contribution < 1.29 is 14.2 Å². The van der Waals surface area contributed by atoms with E-state index in [1.54, 1.807) is 19.9 Å². The number of aliphatic hydroxyl groups is 1. The summed E-state index contributed by atoms with van der Waals surface area (Å²) >= 11 is 2.17. The van der Waals surface area contributed by atoms with Crippen molar-refractivity contribution in [2.75, 3.05) is 0 Å². The lowest BCUT2D eigenvalue weighted by molar-refractivity contribution is 0.195. The standard InChI is InChI=1S/C15H14FIO2/c1-9-7-15(11(10(2)18)8-12(9)16)19-14-6-4-3-5-13(14)17/h3-8,10,18H,1-2H3. The number of ether oxygens (including phenoxy) is 1. The normalized spacial score (nSPS) is 12.3. The molecule has 19 heavy (non-hydrogen) atoms. The summed E-state index contributed by atoms with van der Waals surface area (Å²) in [6.45, 7) is 3.26. The second kappa shape index (κ2) is 5.88. The summed E-state index contributed by atoms with van der Waals surface area (Å²) < 4.78 is 20.3. The van der Waals surface area contributed by atoms with Gasteiger partial charge in [-0.25, -0.2) is 4.39 Å². The number of aliphatic hydroxyl groups excluding tert-OH is 1. The van der Waals surface area contributed by atoms with Crippen LogP contribution in [0.2, 0.25) is 0 Å². The molecule has 2 aromatic rings. The molecule has 0 bridgehead atoms. The lowest BCUT2D eigenvalue weighted by atomic mass is 10.1. The number of halogens is 2. The van der Waals surface area contributed by atoms with Gasteiger partial charge in [-0.3, -0.25) is 0 Å². The number of para-hydroxylation sites is 1. The highest BCUT2D eigenvalue weighted by atomic mass is 127. The van der Waals surface area contributed by atoms with E-state index in [0.717, 1.165) is 3.57 Å². The zero-order valence-corrected chi connectivity index (χ0v) is 12.8. The van der Waals surface area contributed by atoms with E-state index in [1.807, 2.05) is 24.3 Å². The van der Waals surface area contributed by atoms with Gasteiger partial charge in [-0.05, 0) is 66.3 Å². The van der Waals surface area contributed by atoms with Gasteiger partial charge in [-0.1, -0.05) is 12.1 Å². The van der Waals surface area contributed by atoms with Crippen LogP contribution in [0.15, 0.2) is 36.4 Å². The van der Waals surface area contributed by atoms with Crippen molar-refractivity contribution in [3.05, 3.63) is 56.9 Å². The maximum absolute atomic E-state index is 13.6. The quantitative estimate of drug-likeness (QED) is 0.799. The van der Waals surface area contributed by atoms with E-state index in [9.17, 15) is 9.50 Å². The molecule has 2 aromatic carbocycles. The molecule has 0 aliphatic carbocycles. The maximum atomic E-state index is 13.6. The summed E-state index contributed by atoms with van der Waals surface area (Å²) in [5, 5.41) is 9.72. The molecule has 4 heteroatoms. The predicted molar refractivity (Wildman–Crippen MR) is 81.0 cm³/mol. The monoisotopic (exact) mass is 372 g/mol. The molecule has 2 rings (SSSR count). The minimum Gasteiger partial charge on any atom is -0.456 e. The summed E-state index contributed by atoms with van der Waals surface area (Å²) in [6, 6.07) is 10.5. The average molecular weight is 372 g/mol. The van der Waals surface area contributed by atoms with E-state index in [0.29, 0.717) is 22.6 Å². The minimum atomic E-state index is -0.786. The van der Waals surface area contributed by atoms with Gasteiger partial charge in [0.15, 0.2) is 0 Å². The van der Waals surface area contributed by atoms with Gasteiger partial charge in [-0.2, -0.15) is 0 Å². The first kappa shape index (κ1) is 14.3. The Kier molecular flexibility index (Phi) is 4.42. The third kappa shape index (κ3) is 3.25. The SMILES string of the molecule is Cc1cc(Oc2ccccc2I)c(C(C)O)cc1F. The van der Waals surface area contributed by atoms with Crippen LogP contribution in [0.5, 0.6) is 11.5 Å². The van der Waals surface area contributed by atoms with Crippen LogP contribution < -0.4 is 4.74 Å². The van der Waals surface area contributed by atoms with Gasteiger partial charge in [0.1, 0.15) is 17.3 Å². The first-order valence-corrected chi connectivity index (χ1v) is 6.97. The Morgan fingerprint density at radius 3 is 2.53 bits per heavy atom. The molecule has 1 N–H and O–H groups in total. The maximum Gasteiger partial charge on any atom is 0.140 e. The van der Waals surface area contributed by atoms with Crippen molar-refractivity contribution in [2.45, 2.75) is 20.0 Å². The van der Waals surface area contributed by atoms with E-state index in [4.69, 9.17) is 4.74 Å². The minimum absolute atomic E-state index is 0.342. The summed E-state index contributed by atoms with van der Waals surface area (Å²) in [7, 11) is 0. The van der Waals surface area contributed by atoms with Gasteiger partial charge < -0.3 is 9.84 Å². The van der Waals surface area contributed by atoms with E-state index in [1.165, 1.54) is 6.07 Å². The molecular formula is C15H14FIO2. The van der Waals surface area contributed by atoms with Crippen molar-refractivity contribution >= 4 is 22.6 Å². The molecule has 0 saturated carbocycles. The Morgan fingerprint density at radius 1 is 1.21 bits per heavy atom. The lowest BCUT2D eigenvalue weighted by Crippen LogP contribution is -1.99. The second-order valence-corrected chi connectivity index (χ2v) is 5.51. The number of rotatable bonds is 3. The fourth-order valence-corrected chi connectivity index (χ4v) is 2.23. The van der Waals surface area contributed by atoms with Gasteiger partial charge in [0.25, 0.3) is 0 Å². The molecule has 1 atom stereocenters. The van der Waals surface area contributed by atoms with Gasteiger partial charge in [0.2, 0.25) is 0 Å². The Labute approximate surface area is 125 Å². The van der Waals surface area contributed by atoms with Gasteiger partial charge in [0.05, 0.1) is 9.67 Å². The summed E-state index contributed by atoms with van der Waals surface area (Å²) in [5.41, 5.74) is 0.938. The molecule has 0 aromatic heterocycles. The van der Waals surface area contributed by atoms with Gasteiger partial charge in [0, 0.05) is 5.56 Å². The second-order valence-electron chi connectivity index (χ2n) is 4.35. The first-order chi connectivity index (χ1) is 8.99. The highest BCUT2D eigenvalue weighted by Crippen LogP contribution is 2.33. The number of hydrogen-bond donors (Lipinski definition) is 1. The molecule has 0 amide bonds. The summed E-state index contributed by atoms with van der Waals surface area (Å²) in [4.78, 5) is 0. The van der Waals surface area contributed by atoms with Crippen LogP contribution >= 0.6 is 22.6 Å². The van der Waals surface area contributed by atoms with Crippen molar-refractivity contribution in [3.8, 4) is 11.5 Å². The molecule has 2 nitrogen and oxygen atoms in total. The fraction of sp³-hybridized carbons (Fsp3) is 0.200. The largest absolute Gasteiger partial charge is 0.456 e. The van der Waals surface area contributed by atoms with Gasteiger partial charge in [-0.15, -0.1) is 0 Å². The Hall–Kier alpha value is -1.14. The Morgan fingerprint density at radius 2 is 1.89 bits per heavy atom. The van der Waals surface area contributed by atoms with E-state index < -0.39 is 6.10 Å². The van der Waals surface area contributed by atoms with Crippen LogP contribution in [0, 0.1) is 16.3 Å². The van der Waals surface area contributed by atoms with Gasteiger partial charge >= 0.3 is 0 Å². The molecule has 0 spiro atoms. The number of aryl methyl sites for hydroxylation is 1. The summed E-state index contributed by atoms with van der Waals surface area (Å²) in [5.74, 6) is 0.833. The van der Waals surface area contributed by atoms with Crippen molar-refractivity contribution in [1.29, 1.82) is 0 Å². The fourth-order valence-electron chi connectivity index (χ4n) is 1.73. The molecular weight excluding hydrogens is 358 g/mol. The van der Waals surface area contributed by atoms with Crippen LogP contribution in [-0.4, -0.2) is 5.11 Å². The first-order valence-electron chi connectivity index (χ1n) is 5.89. The van der Waals surface area contributed by atoms with Crippen LogP contribution in [0.1, 0.15) is 24.2 Å². The van der Waals surface area contributed by atoms with E-state index in [-0.39, 0.29) is 5.82 Å². The third-order valence-electron chi connectivity index (χ3n) is 2.80. The van der Waals surface area contributed by atoms with E-state index >= 15 is 0 Å². The molecule has 0 aliphatic heterocycles. The molecule has 100 valence electrons. The highest BCUT2D eigenvalue weighted by Gasteiger charge is 2.14. The molecule has 0 saturated heterocycles. The Balaban J connectivity index is 2.45. The molecule has 0 radical (unpaired) electrons. The zero-order valence-electron chi connectivity index (χ0n) is 10.7. The Bertz CT molecular complexity index is 597. The highest BCUT2D eigenvalue weighted by molar-refractivity contribution is 14.1. The predicted octanol–water partition coefficient (Wildman–Crippen LogP) is 4.58. The zero-order chi connectivity index (χ0) is 14.0. The van der Waals surface area contributed by atoms with Crippen LogP contribution in [0.25, 0.3) is 0 Å². The topological polar surface area (TPSA) is 29.5 Å². The van der Waals surface area contributed by atoms with E-state index in [2.05, 4.69) is 22.6 Å². The van der Waals surface area contributed by atoms with Crippen LogP contribution in [-0.2, 0) is 0 Å². The van der Waals surface area contributed by atoms with Crippen LogP contribution in [0.3, 0.4) is 0 Å². The smallest absolute Gasteiger partial charge is 0.140 e. The number of hydrogen-bond acceptors (Lipinski definition) is 2. The average Bonchev–Trinajstić information content (AvgIpc) is 2.36. The lowest BCUT2D eigenvalue weighted by Gasteiger charge is -2.15. The molecule has 0 fully saturated rings. The molecule has 0 aliphatic rings. The third-order valence-corrected chi connectivity index (χ3v) is 3.69. The summed E-state index contributed by atoms with van der Waals surface area (Å²) in [6.07, 6.45) is -0.786. The molecule has 0 heterocycles. The van der Waals surface area contributed by atoms with Crippen molar-refractivity contribution in [3.63, 3.8) is 0 Å². The van der Waals surface area contributed by atoms with Crippen molar-refractivity contribution in [2.24, 2.45) is 0 Å².